The van der Waals surface area contributed by atoms with Crippen LogP contribution in [0.4, 0.5) is 0 Å². The molecular formula is C26H38N2O4. The van der Waals surface area contributed by atoms with E-state index >= 15 is 0 Å². The van der Waals surface area contributed by atoms with E-state index in [0.717, 1.165) is 31.2 Å². The fourth-order valence-electron chi connectivity index (χ4n) is 5.76. The van der Waals surface area contributed by atoms with Gasteiger partial charge < -0.3 is 20.1 Å². The van der Waals surface area contributed by atoms with Crippen LogP contribution in [0.2, 0.25) is 0 Å². The molecule has 0 bridgehead atoms. The van der Waals surface area contributed by atoms with E-state index in [4.69, 9.17) is 15.2 Å². The van der Waals surface area contributed by atoms with Gasteiger partial charge in [-0.2, -0.15) is 0 Å². The van der Waals surface area contributed by atoms with Crippen LogP contribution in [0.3, 0.4) is 0 Å². The zero-order valence-electron chi connectivity index (χ0n) is 19.9. The molecule has 1 aromatic rings. The highest BCUT2D eigenvalue weighted by atomic mass is 16.5. The van der Waals surface area contributed by atoms with Crippen LogP contribution in [0.1, 0.15) is 82.9 Å². The fraction of sp³-hybridized carbons (Fsp3) is 0.692. The van der Waals surface area contributed by atoms with E-state index in [1.165, 1.54) is 5.56 Å². The minimum absolute atomic E-state index is 0.124. The molecule has 0 radical (unpaired) electrons. The number of nitrogens with zero attached hydrogens (tertiary/aromatic N) is 1. The highest BCUT2D eigenvalue weighted by molar-refractivity contribution is 5.89. The van der Waals surface area contributed by atoms with Gasteiger partial charge in [0.25, 0.3) is 5.91 Å². The normalized spacial score (nSPS) is 30.9. The first-order valence-electron chi connectivity index (χ1n) is 12.2. The third-order valence-electron chi connectivity index (χ3n) is 7.29. The van der Waals surface area contributed by atoms with Crippen molar-refractivity contribution < 1.29 is 19.1 Å². The number of benzene rings is 1. The number of rotatable bonds is 5. The number of amides is 1. The third-order valence-corrected chi connectivity index (χ3v) is 7.29. The number of likely N-dealkylation sites (tertiary alicyclic amines) is 1. The van der Waals surface area contributed by atoms with Gasteiger partial charge in [0.15, 0.2) is 0 Å². The van der Waals surface area contributed by atoms with Crippen molar-refractivity contribution in [1.29, 1.82) is 0 Å². The molecule has 176 valence electrons. The highest BCUT2D eigenvalue weighted by Gasteiger charge is 2.58. The van der Waals surface area contributed by atoms with Crippen molar-refractivity contribution in [1.82, 2.24) is 4.90 Å². The van der Waals surface area contributed by atoms with Crippen LogP contribution >= 0.6 is 0 Å². The molecule has 3 fully saturated rings. The third kappa shape index (κ3) is 4.32. The van der Waals surface area contributed by atoms with Gasteiger partial charge in [0.2, 0.25) is 0 Å². The summed E-state index contributed by atoms with van der Waals surface area (Å²) in [6.07, 6.45) is 4.38. The second-order valence-corrected chi connectivity index (χ2v) is 10.6. The van der Waals surface area contributed by atoms with Crippen molar-refractivity contribution in [3.05, 3.63) is 35.4 Å². The lowest BCUT2D eigenvalue weighted by Crippen LogP contribution is -2.51. The Morgan fingerprint density at radius 1 is 1.12 bits per heavy atom. The largest absolute Gasteiger partial charge is 0.464 e. The fourth-order valence-corrected chi connectivity index (χ4v) is 5.76. The standard InChI is InChI=1S/C26H38N2O4/c1-5-31-25(30)23-20(26(2,3)4)21(27)22(18-11-7-6-10-17(18)16-13-14-16)28(23)24(29)19-12-8-9-15-32-19/h6-7,10-11,16,19-23H,5,8-9,12-15,27H2,1-4H3/t19-,20-,21-,22-,23-/m0/s1. The quantitative estimate of drug-likeness (QED) is 0.699. The average Bonchev–Trinajstić information content (AvgIpc) is 3.56. The number of hydrogen-bond acceptors (Lipinski definition) is 5. The average molecular weight is 443 g/mol. The van der Waals surface area contributed by atoms with Crippen LogP contribution in [-0.4, -0.2) is 48.2 Å². The molecule has 3 aliphatic rings. The molecule has 0 aromatic heterocycles. The summed E-state index contributed by atoms with van der Waals surface area (Å²) in [5.41, 5.74) is 9.02. The van der Waals surface area contributed by atoms with Crippen molar-refractivity contribution in [2.45, 2.75) is 89.9 Å². The predicted molar refractivity (Wildman–Crippen MR) is 123 cm³/mol. The Morgan fingerprint density at radius 3 is 2.38 bits per heavy atom. The molecule has 2 saturated heterocycles. The topological polar surface area (TPSA) is 81.9 Å². The molecule has 1 saturated carbocycles. The predicted octanol–water partition coefficient (Wildman–Crippen LogP) is 3.94. The van der Waals surface area contributed by atoms with E-state index in [1.54, 1.807) is 11.8 Å². The molecule has 2 N–H and O–H groups in total. The maximum absolute atomic E-state index is 14.0. The minimum atomic E-state index is -0.722. The summed E-state index contributed by atoms with van der Waals surface area (Å²) in [5, 5.41) is 0. The van der Waals surface area contributed by atoms with Gasteiger partial charge >= 0.3 is 5.97 Å². The van der Waals surface area contributed by atoms with E-state index in [-0.39, 0.29) is 41.9 Å². The molecule has 4 rings (SSSR count). The van der Waals surface area contributed by atoms with Crippen LogP contribution in [0.15, 0.2) is 24.3 Å². The Hall–Kier alpha value is -1.92. The summed E-state index contributed by atoms with van der Waals surface area (Å²) in [6, 6.07) is 6.84. The van der Waals surface area contributed by atoms with Crippen LogP contribution in [0, 0.1) is 11.3 Å². The molecular weight excluding hydrogens is 404 g/mol. The molecule has 2 aliphatic heterocycles. The summed E-state index contributed by atoms with van der Waals surface area (Å²) in [5.74, 6) is -0.207. The number of carbonyl (C=O) groups is 2. The van der Waals surface area contributed by atoms with Crippen molar-refractivity contribution in [3.63, 3.8) is 0 Å². The molecule has 0 spiro atoms. The number of esters is 1. The summed E-state index contributed by atoms with van der Waals surface area (Å²) < 4.78 is 11.4. The van der Waals surface area contributed by atoms with Gasteiger partial charge in [0.05, 0.1) is 12.6 Å². The highest BCUT2D eigenvalue weighted by Crippen LogP contribution is 2.51. The van der Waals surface area contributed by atoms with Crippen molar-refractivity contribution in [2.75, 3.05) is 13.2 Å². The zero-order valence-corrected chi connectivity index (χ0v) is 19.9. The second kappa shape index (κ2) is 9.14. The van der Waals surface area contributed by atoms with Crippen LogP contribution < -0.4 is 5.73 Å². The maximum Gasteiger partial charge on any atom is 0.329 e. The zero-order chi connectivity index (χ0) is 23.0. The molecule has 1 amide bonds. The summed E-state index contributed by atoms with van der Waals surface area (Å²) in [4.78, 5) is 29.1. The van der Waals surface area contributed by atoms with Crippen LogP contribution in [0.25, 0.3) is 0 Å². The van der Waals surface area contributed by atoms with E-state index in [9.17, 15) is 9.59 Å². The summed E-state index contributed by atoms with van der Waals surface area (Å²) in [6.45, 7) is 8.93. The lowest BCUT2D eigenvalue weighted by Gasteiger charge is -2.36. The SMILES string of the molecule is CCOC(=O)[C@@H]1[C@@H](C(C)(C)C)[C@H](N)[C@H](c2ccccc2C2CC2)N1C(=O)[C@@H]1CCCCO1. The summed E-state index contributed by atoms with van der Waals surface area (Å²) in [7, 11) is 0. The van der Waals surface area contributed by atoms with E-state index < -0.39 is 12.1 Å². The molecule has 5 atom stereocenters. The maximum atomic E-state index is 14.0. The first-order chi connectivity index (χ1) is 15.3. The Balaban J connectivity index is 1.83. The lowest BCUT2D eigenvalue weighted by molar-refractivity contribution is -0.162. The van der Waals surface area contributed by atoms with Crippen LogP contribution in [-0.2, 0) is 19.1 Å². The molecule has 1 aliphatic carbocycles. The van der Waals surface area contributed by atoms with Crippen LogP contribution in [0.5, 0.6) is 0 Å². The number of ether oxygens (including phenoxy) is 2. The van der Waals surface area contributed by atoms with Crippen molar-refractivity contribution in [2.24, 2.45) is 17.1 Å². The Kier molecular flexibility index (Phi) is 6.64. The molecule has 32 heavy (non-hydrogen) atoms. The van der Waals surface area contributed by atoms with E-state index in [1.807, 2.05) is 6.07 Å². The summed E-state index contributed by atoms with van der Waals surface area (Å²) >= 11 is 0. The monoisotopic (exact) mass is 442 g/mol. The first kappa shape index (κ1) is 23.2. The number of carbonyl (C=O) groups excluding carboxylic acids is 2. The Morgan fingerprint density at radius 2 is 1.81 bits per heavy atom. The number of nitrogens with two attached hydrogens (primary N) is 1. The molecule has 1 aromatic carbocycles. The number of hydrogen-bond donors (Lipinski definition) is 1. The lowest BCUT2D eigenvalue weighted by atomic mass is 9.72. The van der Waals surface area contributed by atoms with Gasteiger partial charge in [-0.3, -0.25) is 4.79 Å². The van der Waals surface area contributed by atoms with Gasteiger partial charge in [-0.15, -0.1) is 0 Å². The molecule has 6 heteroatoms. The van der Waals surface area contributed by atoms with Gasteiger partial charge in [-0.05, 0) is 61.5 Å². The minimum Gasteiger partial charge on any atom is -0.464 e. The Bertz CT molecular complexity index is 838. The van der Waals surface area contributed by atoms with Crippen molar-refractivity contribution >= 4 is 11.9 Å². The van der Waals surface area contributed by atoms with Gasteiger partial charge in [-0.1, -0.05) is 45.0 Å². The van der Waals surface area contributed by atoms with E-state index in [0.29, 0.717) is 18.9 Å². The first-order valence-corrected chi connectivity index (χ1v) is 12.2. The van der Waals surface area contributed by atoms with Crippen molar-refractivity contribution in [3.8, 4) is 0 Å². The smallest absolute Gasteiger partial charge is 0.329 e. The second-order valence-electron chi connectivity index (χ2n) is 10.6. The van der Waals surface area contributed by atoms with Gasteiger partial charge in [0.1, 0.15) is 12.1 Å². The molecule has 0 unspecified atom stereocenters. The Labute approximate surface area is 191 Å². The van der Waals surface area contributed by atoms with Gasteiger partial charge in [0, 0.05) is 18.6 Å². The molecule has 6 nitrogen and oxygen atoms in total. The van der Waals surface area contributed by atoms with Gasteiger partial charge in [-0.25, -0.2) is 4.79 Å². The molecule has 2 heterocycles. The van der Waals surface area contributed by atoms with E-state index in [2.05, 4.69) is 39.0 Å².